The molecule has 0 spiro atoms. The predicted octanol–water partition coefficient (Wildman–Crippen LogP) is 2.33. The second kappa shape index (κ2) is 3.53. The zero-order valence-corrected chi connectivity index (χ0v) is 9.36. The van der Waals surface area contributed by atoms with Crippen LogP contribution in [-0.4, -0.2) is 20.1 Å². The van der Waals surface area contributed by atoms with Crippen LogP contribution in [0, 0.1) is 0 Å². The van der Waals surface area contributed by atoms with E-state index in [-0.39, 0.29) is 5.54 Å². The van der Waals surface area contributed by atoms with Crippen molar-refractivity contribution in [2.45, 2.75) is 32.7 Å². The fraction of sp³-hybridized carbons (Fsp3) is 0.455. The van der Waals surface area contributed by atoms with E-state index in [0.717, 1.165) is 17.8 Å². The van der Waals surface area contributed by atoms with Crippen molar-refractivity contribution in [3.05, 3.63) is 24.7 Å². The van der Waals surface area contributed by atoms with Gasteiger partial charge in [0.2, 0.25) is 0 Å². The van der Waals surface area contributed by atoms with Crippen LogP contribution in [0.25, 0.3) is 5.52 Å². The number of hydrogen-bond donors (Lipinski definition) is 1. The molecule has 4 nitrogen and oxygen atoms in total. The summed E-state index contributed by atoms with van der Waals surface area (Å²) in [5.74, 6) is 0.891. The molecule has 0 saturated carbocycles. The minimum Gasteiger partial charge on any atom is -0.363 e. The summed E-state index contributed by atoms with van der Waals surface area (Å²) in [6, 6.07) is 1.96. The van der Waals surface area contributed by atoms with Crippen LogP contribution in [0.2, 0.25) is 0 Å². The number of fused-ring (bicyclic) bond motifs is 1. The van der Waals surface area contributed by atoms with Gasteiger partial charge < -0.3 is 5.32 Å². The average Bonchev–Trinajstić information content (AvgIpc) is 2.66. The fourth-order valence-corrected chi connectivity index (χ4v) is 1.36. The van der Waals surface area contributed by atoms with E-state index in [2.05, 4.69) is 36.2 Å². The summed E-state index contributed by atoms with van der Waals surface area (Å²) in [5, 5.41) is 7.60. The van der Waals surface area contributed by atoms with Gasteiger partial charge in [-0.1, -0.05) is 6.92 Å². The van der Waals surface area contributed by atoms with Crippen molar-refractivity contribution in [2.24, 2.45) is 0 Å². The minimum absolute atomic E-state index is 0.0547. The lowest BCUT2D eigenvalue weighted by molar-refractivity contribution is 0.545. The molecule has 2 aromatic rings. The van der Waals surface area contributed by atoms with Gasteiger partial charge in [-0.25, -0.2) is 9.50 Å². The molecule has 0 radical (unpaired) electrons. The van der Waals surface area contributed by atoms with Gasteiger partial charge in [-0.15, -0.1) is 0 Å². The SMILES string of the molecule is CCC(C)(C)Nc1nccn2nccc12. The first-order valence-corrected chi connectivity index (χ1v) is 5.19. The van der Waals surface area contributed by atoms with Gasteiger partial charge in [0.1, 0.15) is 5.52 Å². The minimum atomic E-state index is 0.0547. The summed E-state index contributed by atoms with van der Waals surface area (Å²) in [4.78, 5) is 4.34. The third-order valence-corrected chi connectivity index (χ3v) is 2.67. The standard InChI is InChI=1S/C11H16N4/c1-4-11(2,3)14-10-9-5-6-13-15(9)8-7-12-10/h5-8H,4H2,1-3H3,(H,12,14). The Morgan fingerprint density at radius 2 is 2.20 bits per heavy atom. The molecular formula is C11H16N4. The summed E-state index contributed by atoms with van der Waals surface area (Å²) < 4.78 is 1.82. The fourth-order valence-electron chi connectivity index (χ4n) is 1.36. The maximum atomic E-state index is 4.34. The summed E-state index contributed by atoms with van der Waals surface area (Å²) in [6.07, 6.45) is 6.43. The Balaban J connectivity index is 2.39. The molecule has 0 aromatic carbocycles. The van der Waals surface area contributed by atoms with Gasteiger partial charge in [0.25, 0.3) is 0 Å². The molecule has 15 heavy (non-hydrogen) atoms. The van der Waals surface area contributed by atoms with E-state index >= 15 is 0 Å². The summed E-state index contributed by atoms with van der Waals surface area (Å²) in [6.45, 7) is 6.48. The monoisotopic (exact) mass is 204 g/mol. The predicted molar refractivity (Wildman–Crippen MR) is 61.0 cm³/mol. The average molecular weight is 204 g/mol. The highest BCUT2D eigenvalue weighted by atomic mass is 15.2. The molecule has 0 bridgehead atoms. The molecule has 0 fully saturated rings. The van der Waals surface area contributed by atoms with Crippen molar-refractivity contribution in [3.8, 4) is 0 Å². The van der Waals surface area contributed by atoms with Crippen molar-refractivity contribution in [1.82, 2.24) is 14.6 Å². The topological polar surface area (TPSA) is 42.2 Å². The quantitative estimate of drug-likeness (QED) is 0.834. The maximum Gasteiger partial charge on any atom is 0.152 e. The van der Waals surface area contributed by atoms with E-state index in [4.69, 9.17) is 0 Å². The molecule has 2 rings (SSSR count). The lowest BCUT2D eigenvalue weighted by Crippen LogP contribution is -2.30. The van der Waals surface area contributed by atoms with E-state index < -0.39 is 0 Å². The Morgan fingerprint density at radius 3 is 2.93 bits per heavy atom. The van der Waals surface area contributed by atoms with Gasteiger partial charge in [0.05, 0.1) is 6.20 Å². The molecule has 0 aliphatic heterocycles. The van der Waals surface area contributed by atoms with E-state index in [1.807, 2.05) is 16.8 Å². The van der Waals surface area contributed by atoms with Crippen LogP contribution in [0.3, 0.4) is 0 Å². The first-order valence-electron chi connectivity index (χ1n) is 5.19. The van der Waals surface area contributed by atoms with Crippen LogP contribution in [0.15, 0.2) is 24.7 Å². The normalized spacial score (nSPS) is 11.9. The largest absolute Gasteiger partial charge is 0.363 e. The van der Waals surface area contributed by atoms with E-state index in [9.17, 15) is 0 Å². The first kappa shape index (κ1) is 9.96. The Labute approximate surface area is 89.3 Å². The zero-order chi connectivity index (χ0) is 10.9. The van der Waals surface area contributed by atoms with Gasteiger partial charge in [-0.3, -0.25) is 0 Å². The molecule has 0 aliphatic carbocycles. The molecule has 0 amide bonds. The van der Waals surface area contributed by atoms with E-state index in [1.54, 1.807) is 12.4 Å². The van der Waals surface area contributed by atoms with Crippen molar-refractivity contribution in [1.29, 1.82) is 0 Å². The molecule has 0 unspecified atom stereocenters. The molecule has 1 N–H and O–H groups in total. The van der Waals surface area contributed by atoms with Gasteiger partial charge in [-0.05, 0) is 26.3 Å². The Hall–Kier alpha value is -1.58. The lowest BCUT2D eigenvalue weighted by Gasteiger charge is -2.25. The number of rotatable bonds is 3. The van der Waals surface area contributed by atoms with Crippen molar-refractivity contribution in [2.75, 3.05) is 5.32 Å². The molecule has 80 valence electrons. The van der Waals surface area contributed by atoms with Crippen molar-refractivity contribution < 1.29 is 0 Å². The molecule has 0 saturated heterocycles. The summed E-state index contributed by atoms with van der Waals surface area (Å²) in [5.41, 5.74) is 1.07. The molecule has 2 heterocycles. The number of anilines is 1. The Morgan fingerprint density at radius 1 is 1.40 bits per heavy atom. The molecular weight excluding hydrogens is 188 g/mol. The second-order valence-electron chi connectivity index (χ2n) is 4.30. The molecule has 4 heteroatoms. The first-order chi connectivity index (χ1) is 7.12. The summed E-state index contributed by atoms with van der Waals surface area (Å²) in [7, 11) is 0. The zero-order valence-electron chi connectivity index (χ0n) is 9.36. The van der Waals surface area contributed by atoms with Crippen LogP contribution < -0.4 is 5.32 Å². The highest BCUT2D eigenvalue weighted by Gasteiger charge is 2.16. The lowest BCUT2D eigenvalue weighted by atomic mass is 10.0. The van der Waals surface area contributed by atoms with Gasteiger partial charge in [0.15, 0.2) is 5.82 Å². The molecule has 2 aromatic heterocycles. The van der Waals surface area contributed by atoms with Crippen LogP contribution in [0.5, 0.6) is 0 Å². The van der Waals surface area contributed by atoms with E-state index in [0.29, 0.717) is 0 Å². The Kier molecular flexibility index (Phi) is 2.34. The van der Waals surface area contributed by atoms with Gasteiger partial charge in [-0.2, -0.15) is 5.10 Å². The van der Waals surface area contributed by atoms with Crippen molar-refractivity contribution in [3.63, 3.8) is 0 Å². The van der Waals surface area contributed by atoms with Crippen LogP contribution >= 0.6 is 0 Å². The third kappa shape index (κ3) is 1.93. The van der Waals surface area contributed by atoms with Crippen LogP contribution in [0.4, 0.5) is 5.82 Å². The maximum absolute atomic E-state index is 4.34. The number of hydrogen-bond acceptors (Lipinski definition) is 3. The number of aromatic nitrogens is 3. The van der Waals surface area contributed by atoms with Crippen LogP contribution in [-0.2, 0) is 0 Å². The smallest absolute Gasteiger partial charge is 0.152 e. The highest BCUT2D eigenvalue weighted by Crippen LogP contribution is 2.19. The molecule has 0 aliphatic rings. The van der Waals surface area contributed by atoms with Crippen LogP contribution in [0.1, 0.15) is 27.2 Å². The molecule has 0 atom stereocenters. The third-order valence-electron chi connectivity index (χ3n) is 2.67. The van der Waals surface area contributed by atoms with Gasteiger partial charge in [0, 0.05) is 17.9 Å². The summed E-state index contributed by atoms with van der Waals surface area (Å²) >= 11 is 0. The second-order valence-corrected chi connectivity index (χ2v) is 4.30. The number of nitrogens with zero attached hydrogens (tertiary/aromatic N) is 3. The van der Waals surface area contributed by atoms with Crippen molar-refractivity contribution >= 4 is 11.3 Å². The highest BCUT2D eigenvalue weighted by molar-refractivity contribution is 5.67. The van der Waals surface area contributed by atoms with E-state index in [1.165, 1.54) is 0 Å². The number of nitrogens with one attached hydrogen (secondary N) is 1. The Bertz CT molecular complexity index is 458. The van der Waals surface area contributed by atoms with Gasteiger partial charge >= 0.3 is 0 Å².